The van der Waals surface area contributed by atoms with Crippen molar-refractivity contribution in [2.75, 3.05) is 36.5 Å². The van der Waals surface area contributed by atoms with Gasteiger partial charge in [0.1, 0.15) is 11.3 Å². The van der Waals surface area contributed by atoms with Crippen LogP contribution >= 0.6 is 0 Å². The number of hydrogen-bond donors (Lipinski definition) is 1. The molecule has 136 valence electrons. The third-order valence-electron chi connectivity index (χ3n) is 4.26. The largest absolute Gasteiger partial charge is 0.423 e. The second-order valence-corrected chi connectivity index (χ2v) is 6.12. The molecule has 1 aliphatic heterocycles. The maximum atomic E-state index is 13.3. The van der Waals surface area contributed by atoms with E-state index in [4.69, 9.17) is 9.15 Å². The zero-order valence-electron chi connectivity index (χ0n) is 14.2. The smallest absolute Gasteiger partial charge is 0.298 e. The molecule has 1 fully saturated rings. The van der Waals surface area contributed by atoms with Crippen LogP contribution < -0.4 is 15.8 Å². The Labute approximate surface area is 148 Å². The molecule has 1 aromatic carbocycles. The van der Waals surface area contributed by atoms with Crippen LogP contribution in [0.4, 0.5) is 16.2 Å². The quantitative estimate of drug-likeness (QED) is 0.753. The number of aromatic nitrogens is 3. The third kappa shape index (κ3) is 3.25. The highest BCUT2D eigenvalue weighted by molar-refractivity contribution is 5.74. The summed E-state index contributed by atoms with van der Waals surface area (Å²) in [6.45, 7) is 2.09. The lowest BCUT2D eigenvalue weighted by Crippen LogP contribution is -2.46. The van der Waals surface area contributed by atoms with Crippen LogP contribution in [0.25, 0.3) is 11.1 Å². The van der Waals surface area contributed by atoms with Gasteiger partial charge in [0.15, 0.2) is 11.4 Å². The predicted molar refractivity (Wildman–Crippen MR) is 93.9 cm³/mol. The fourth-order valence-electron chi connectivity index (χ4n) is 2.87. The van der Waals surface area contributed by atoms with Gasteiger partial charge >= 0.3 is 0 Å². The molecule has 0 amide bonds. The number of ether oxygens (including phenoxy) is 1. The van der Waals surface area contributed by atoms with Gasteiger partial charge in [-0.1, -0.05) is 0 Å². The minimum absolute atomic E-state index is 0.165. The molecule has 0 aliphatic carbocycles. The second kappa shape index (κ2) is 6.75. The van der Waals surface area contributed by atoms with Crippen LogP contribution in [0.5, 0.6) is 0 Å². The van der Waals surface area contributed by atoms with Gasteiger partial charge in [0.05, 0.1) is 19.3 Å². The maximum Gasteiger partial charge on any atom is 0.298 e. The predicted octanol–water partition coefficient (Wildman–Crippen LogP) is 1.38. The van der Waals surface area contributed by atoms with Crippen LogP contribution in [0.1, 0.15) is 0 Å². The monoisotopic (exact) mass is 359 g/mol. The van der Waals surface area contributed by atoms with E-state index in [0.29, 0.717) is 43.4 Å². The Hall–Kier alpha value is -2.94. The van der Waals surface area contributed by atoms with Gasteiger partial charge in [0.2, 0.25) is 0 Å². The van der Waals surface area contributed by atoms with Crippen molar-refractivity contribution in [1.82, 2.24) is 14.5 Å². The van der Waals surface area contributed by atoms with Crippen molar-refractivity contribution in [2.24, 2.45) is 7.05 Å². The van der Waals surface area contributed by atoms with Crippen molar-refractivity contribution in [3.63, 3.8) is 0 Å². The molecule has 0 saturated carbocycles. The van der Waals surface area contributed by atoms with Crippen molar-refractivity contribution in [3.8, 4) is 0 Å². The molecule has 1 aliphatic rings. The molecule has 4 rings (SSSR count). The first kappa shape index (κ1) is 16.5. The number of rotatable bonds is 4. The summed E-state index contributed by atoms with van der Waals surface area (Å²) < 4.78 is 26.2. The molecule has 26 heavy (non-hydrogen) atoms. The first-order valence-corrected chi connectivity index (χ1v) is 8.28. The summed E-state index contributed by atoms with van der Waals surface area (Å²) in [4.78, 5) is 22.3. The molecule has 1 N–H and O–H groups in total. The van der Waals surface area contributed by atoms with Crippen molar-refractivity contribution in [1.29, 1.82) is 0 Å². The van der Waals surface area contributed by atoms with E-state index in [1.165, 1.54) is 16.7 Å². The highest BCUT2D eigenvalue weighted by Crippen LogP contribution is 2.24. The van der Waals surface area contributed by atoms with Gasteiger partial charge < -0.3 is 23.9 Å². The van der Waals surface area contributed by atoms with Crippen molar-refractivity contribution >= 4 is 22.9 Å². The lowest BCUT2D eigenvalue weighted by atomic mass is 10.3. The third-order valence-corrected chi connectivity index (χ3v) is 4.26. The molecule has 1 atom stereocenters. The summed E-state index contributed by atoms with van der Waals surface area (Å²) >= 11 is 0. The Morgan fingerprint density at radius 3 is 3.19 bits per heavy atom. The highest BCUT2D eigenvalue weighted by atomic mass is 19.1. The van der Waals surface area contributed by atoms with Gasteiger partial charge in [-0.15, -0.1) is 0 Å². The van der Waals surface area contributed by atoms with E-state index >= 15 is 0 Å². The lowest BCUT2D eigenvalue weighted by molar-refractivity contribution is 0.0475. The van der Waals surface area contributed by atoms with Crippen LogP contribution in [0.2, 0.25) is 0 Å². The van der Waals surface area contributed by atoms with Gasteiger partial charge in [0, 0.05) is 38.6 Å². The Kier molecular flexibility index (Phi) is 4.29. The first-order chi connectivity index (χ1) is 12.6. The minimum Gasteiger partial charge on any atom is -0.423 e. The van der Waals surface area contributed by atoms with E-state index in [1.54, 1.807) is 25.5 Å². The highest BCUT2D eigenvalue weighted by Gasteiger charge is 2.24. The second-order valence-electron chi connectivity index (χ2n) is 6.12. The van der Waals surface area contributed by atoms with Crippen LogP contribution in [0, 0.1) is 5.82 Å². The zero-order chi connectivity index (χ0) is 18.1. The van der Waals surface area contributed by atoms with Gasteiger partial charge in [-0.05, 0) is 12.1 Å². The topological polar surface area (TPSA) is 85.4 Å². The summed E-state index contributed by atoms with van der Waals surface area (Å²) in [5, 5.41) is 3.03. The molecule has 9 heteroatoms. The van der Waals surface area contributed by atoms with E-state index in [2.05, 4.69) is 15.3 Å². The number of hydrogen-bond acceptors (Lipinski definition) is 7. The fourth-order valence-corrected chi connectivity index (χ4v) is 2.87. The molecular formula is C17H18FN5O3. The molecule has 2 aromatic heterocycles. The Morgan fingerprint density at radius 2 is 2.31 bits per heavy atom. The fraction of sp³-hybridized carbons (Fsp3) is 0.353. The van der Waals surface area contributed by atoms with Crippen LogP contribution in [-0.4, -0.2) is 46.9 Å². The number of benzene rings is 1. The number of nitrogens with one attached hydrogen (secondary N) is 1. The molecule has 3 heterocycles. The molecule has 0 radical (unpaired) electrons. The van der Waals surface area contributed by atoms with Gasteiger partial charge in [-0.3, -0.25) is 4.79 Å². The number of aryl methyl sites for hydroxylation is 1. The molecule has 8 nitrogen and oxygen atoms in total. The van der Waals surface area contributed by atoms with E-state index < -0.39 is 0 Å². The molecule has 0 bridgehead atoms. The molecular weight excluding hydrogens is 341 g/mol. The summed E-state index contributed by atoms with van der Waals surface area (Å²) in [5.41, 5.74) is 0.832. The van der Waals surface area contributed by atoms with Crippen LogP contribution in [0.15, 0.2) is 39.8 Å². The van der Waals surface area contributed by atoms with Crippen LogP contribution in [0.3, 0.4) is 0 Å². The summed E-state index contributed by atoms with van der Waals surface area (Å²) in [6.07, 6.45) is 3.00. The summed E-state index contributed by atoms with van der Waals surface area (Å²) in [5.74, 6) is -0.0635. The van der Waals surface area contributed by atoms with Gasteiger partial charge in [-0.2, -0.15) is 4.98 Å². The van der Waals surface area contributed by atoms with E-state index in [-0.39, 0.29) is 23.3 Å². The molecule has 1 saturated heterocycles. The molecule has 1 unspecified atom stereocenters. The normalized spacial score (nSPS) is 17.6. The Morgan fingerprint density at radius 1 is 1.42 bits per heavy atom. The van der Waals surface area contributed by atoms with Crippen LogP contribution in [-0.2, 0) is 11.8 Å². The average Bonchev–Trinajstić information content (AvgIpc) is 3.06. The summed E-state index contributed by atoms with van der Waals surface area (Å²) in [6, 6.07) is 4.69. The van der Waals surface area contributed by atoms with E-state index in [9.17, 15) is 9.18 Å². The number of nitrogens with zero attached hydrogens (tertiary/aromatic N) is 4. The first-order valence-electron chi connectivity index (χ1n) is 8.28. The Bertz CT molecular complexity index is 986. The number of halogens is 1. The SMILES string of the molecule is Cn1ccnc(NCC2CN(c3nc4cc(F)ccc4o3)CCO2)c1=O. The lowest BCUT2D eigenvalue weighted by Gasteiger charge is -2.31. The van der Waals surface area contributed by atoms with E-state index in [0.717, 1.165) is 0 Å². The molecule has 3 aromatic rings. The van der Waals surface area contributed by atoms with Gasteiger partial charge in [-0.25, -0.2) is 9.37 Å². The standard InChI is InChI=1S/C17H18FN5O3/c1-22-5-4-19-15(16(22)24)20-9-12-10-23(6-7-25-12)17-21-13-8-11(18)2-3-14(13)26-17/h2-5,8,12H,6-7,9-10H2,1H3,(H,19,20). The number of oxazole rings is 1. The molecule has 0 spiro atoms. The number of fused-ring (bicyclic) bond motifs is 1. The average molecular weight is 359 g/mol. The number of morpholine rings is 1. The maximum absolute atomic E-state index is 13.3. The summed E-state index contributed by atoms with van der Waals surface area (Å²) in [7, 11) is 1.67. The Balaban J connectivity index is 1.45. The zero-order valence-corrected chi connectivity index (χ0v) is 14.2. The van der Waals surface area contributed by atoms with Crippen molar-refractivity contribution in [3.05, 3.63) is 46.8 Å². The number of anilines is 2. The van der Waals surface area contributed by atoms with E-state index in [1.807, 2.05) is 4.90 Å². The van der Waals surface area contributed by atoms with Crippen molar-refractivity contribution in [2.45, 2.75) is 6.10 Å². The van der Waals surface area contributed by atoms with Crippen molar-refractivity contribution < 1.29 is 13.5 Å². The van der Waals surface area contributed by atoms with Gasteiger partial charge in [0.25, 0.3) is 11.6 Å². The minimum atomic E-state index is -0.349.